The molecule has 1 aromatic carbocycles. The van der Waals surface area contributed by atoms with Crippen LogP contribution in [-0.4, -0.2) is 31.7 Å². The van der Waals surface area contributed by atoms with Crippen LogP contribution in [0.4, 0.5) is 4.79 Å². The van der Waals surface area contributed by atoms with Crippen molar-refractivity contribution in [3.05, 3.63) is 20.8 Å². The minimum atomic E-state index is -0.708. The van der Waals surface area contributed by atoms with Crippen LogP contribution in [0, 0.1) is 0 Å². The summed E-state index contributed by atoms with van der Waals surface area (Å²) >= 11 is 25.9. The molecule has 1 aliphatic heterocycles. The van der Waals surface area contributed by atoms with Gasteiger partial charge in [0, 0.05) is 17.5 Å². The van der Waals surface area contributed by atoms with Gasteiger partial charge >= 0.3 is 6.09 Å². The predicted octanol–water partition coefficient (Wildman–Crippen LogP) is 5.20. The number of rotatable bonds is 2. The van der Waals surface area contributed by atoms with E-state index in [-0.39, 0.29) is 31.7 Å². The number of fused-ring (bicyclic) bond motifs is 1. The van der Waals surface area contributed by atoms with Gasteiger partial charge in [0.2, 0.25) is 0 Å². The van der Waals surface area contributed by atoms with E-state index in [1.807, 2.05) is 0 Å². The number of benzene rings is 1. The first-order chi connectivity index (χ1) is 10.4. The molecule has 0 saturated heterocycles. The van der Waals surface area contributed by atoms with Crippen molar-refractivity contribution in [2.45, 2.75) is 4.90 Å². The number of hydrogen-bond acceptors (Lipinski definition) is 5. The van der Waals surface area contributed by atoms with Crippen LogP contribution in [0.25, 0.3) is 5.03 Å². The van der Waals surface area contributed by atoms with E-state index in [1.165, 1.54) is 21.3 Å². The summed E-state index contributed by atoms with van der Waals surface area (Å²) in [5, 5.41) is 0.378. The summed E-state index contributed by atoms with van der Waals surface area (Å²) in [4.78, 5) is 12.2. The number of ether oxygens (including phenoxy) is 3. The first-order valence-electron chi connectivity index (χ1n) is 5.63. The normalized spacial score (nSPS) is 13.9. The van der Waals surface area contributed by atoms with Gasteiger partial charge in [-0.15, -0.1) is 0 Å². The molecule has 0 spiro atoms. The second-order valence-corrected chi connectivity index (χ2v) is 6.31. The molecule has 2 rings (SSSR count). The van der Waals surface area contributed by atoms with E-state index in [0.717, 1.165) is 16.3 Å². The Morgan fingerprint density at radius 1 is 1.00 bits per heavy atom. The standard InChI is InChI=1S/C12H9Cl4NO4S/c1-19-8-5(13)4-6(14)11(16)17(12(18)21-3)22-10(4)7(15)9(8)20-2/h1-3H3. The Hall–Kier alpha value is -0.660. The van der Waals surface area contributed by atoms with Crippen molar-refractivity contribution in [1.82, 2.24) is 4.31 Å². The van der Waals surface area contributed by atoms with Gasteiger partial charge in [0.25, 0.3) is 0 Å². The molecule has 1 amide bonds. The fraction of sp³-hybridized carbons (Fsp3) is 0.250. The Balaban J connectivity index is 2.77. The summed E-state index contributed by atoms with van der Waals surface area (Å²) in [6, 6.07) is 0. The molecule has 120 valence electrons. The Morgan fingerprint density at radius 2 is 1.55 bits per heavy atom. The van der Waals surface area contributed by atoms with Gasteiger partial charge in [0.1, 0.15) is 10.2 Å². The van der Waals surface area contributed by atoms with Crippen molar-refractivity contribution in [3.63, 3.8) is 0 Å². The first-order valence-corrected chi connectivity index (χ1v) is 7.92. The monoisotopic (exact) mass is 403 g/mol. The number of hydrogen-bond donors (Lipinski definition) is 0. The highest BCUT2D eigenvalue weighted by Crippen LogP contribution is 2.56. The second-order valence-electron chi connectivity index (χ2n) is 3.86. The third kappa shape index (κ3) is 2.67. The third-order valence-electron chi connectivity index (χ3n) is 2.76. The second kappa shape index (κ2) is 6.84. The Morgan fingerprint density at radius 3 is 2.05 bits per heavy atom. The lowest BCUT2D eigenvalue weighted by Gasteiger charge is -2.28. The summed E-state index contributed by atoms with van der Waals surface area (Å²) in [5.74, 6) is 0.454. The van der Waals surface area contributed by atoms with Gasteiger partial charge in [0.15, 0.2) is 11.5 Å². The fourth-order valence-corrected chi connectivity index (χ4v) is 4.23. The fourth-order valence-electron chi connectivity index (χ4n) is 1.80. The van der Waals surface area contributed by atoms with Crippen molar-refractivity contribution in [2.24, 2.45) is 0 Å². The number of methoxy groups -OCH3 is 3. The minimum Gasteiger partial charge on any atom is -0.491 e. The highest BCUT2D eigenvalue weighted by Gasteiger charge is 2.35. The summed E-state index contributed by atoms with van der Waals surface area (Å²) < 4.78 is 16.1. The Kier molecular flexibility index (Phi) is 5.50. The molecule has 0 aromatic heterocycles. The molecule has 1 aromatic rings. The van der Waals surface area contributed by atoms with Gasteiger partial charge in [-0.3, -0.25) is 0 Å². The maximum absolute atomic E-state index is 11.8. The van der Waals surface area contributed by atoms with Crippen LogP contribution in [0.5, 0.6) is 11.5 Å². The van der Waals surface area contributed by atoms with E-state index >= 15 is 0 Å². The summed E-state index contributed by atoms with van der Waals surface area (Å²) in [5.41, 5.74) is 0.362. The lowest BCUT2D eigenvalue weighted by Crippen LogP contribution is -2.24. The van der Waals surface area contributed by atoms with Crippen molar-refractivity contribution < 1.29 is 19.0 Å². The zero-order valence-corrected chi connectivity index (χ0v) is 15.3. The van der Waals surface area contributed by atoms with Crippen LogP contribution >= 0.6 is 58.4 Å². The van der Waals surface area contributed by atoms with E-state index in [9.17, 15) is 4.79 Å². The molecule has 0 aliphatic carbocycles. The lowest BCUT2D eigenvalue weighted by molar-refractivity contribution is 0.160. The number of carbonyl (C=O) groups is 1. The average Bonchev–Trinajstić information content (AvgIpc) is 2.52. The van der Waals surface area contributed by atoms with Crippen LogP contribution in [0.1, 0.15) is 5.56 Å². The molecule has 22 heavy (non-hydrogen) atoms. The average molecular weight is 405 g/mol. The van der Waals surface area contributed by atoms with Gasteiger partial charge in [-0.25, -0.2) is 9.10 Å². The lowest BCUT2D eigenvalue weighted by atomic mass is 10.1. The molecule has 0 atom stereocenters. The highest BCUT2D eigenvalue weighted by atomic mass is 35.5. The van der Waals surface area contributed by atoms with Crippen LogP contribution < -0.4 is 9.47 Å². The molecule has 0 unspecified atom stereocenters. The van der Waals surface area contributed by atoms with Crippen molar-refractivity contribution in [2.75, 3.05) is 21.3 Å². The Bertz CT molecular complexity index is 680. The van der Waals surface area contributed by atoms with Crippen LogP contribution in [0.3, 0.4) is 0 Å². The molecule has 5 nitrogen and oxygen atoms in total. The molecule has 0 fully saturated rings. The molecular formula is C12H9Cl4NO4S. The van der Waals surface area contributed by atoms with Crippen molar-refractivity contribution >= 4 is 69.5 Å². The zero-order valence-electron chi connectivity index (χ0n) is 11.5. The van der Waals surface area contributed by atoms with E-state index in [1.54, 1.807) is 0 Å². The van der Waals surface area contributed by atoms with Crippen LogP contribution in [0.2, 0.25) is 10.0 Å². The smallest absolute Gasteiger partial charge is 0.425 e. The van der Waals surface area contributed by atoms with Gasteiger partial charge in [-0.05, 0) is 0 Å². The molecule has 0 N–H and O–H groups in total. The molecule has 1 aliphatic rings. The quantitative estimate of drug-likeness (QED) is 0.500. The van der Waals surface area contributed by atoms with Gasteiger partial charge in [-0.2, -0.15) is 0 Å². The highest BCUT2D eigenvalue weighted by molar-refractivity contribution is 7.98. The van der Waals surface area contributed by atoms with Crippen LogP contribution in [0.15, 0.2) is 10.1 Å². The summed E-state index contributed by atoms with van der Waals surface area (Å²) in [6.45, 7) is 0. The molecule has 1 heterocycles. The molecular weight excluding hydrogens is 396 g/mol. The molecule has 0 radical (unpaired) electrons. The number of halogens is 4. The summed E-state index contributed by atoms with van der Waals surface area (Å²) in [6.07, 6.45) is -0.708. The number of amides is 1. The molecule has 0 bridgehead atoms. The number of carbonyl (C=O) groups excluding carboxylic acids is 1. The zero-order chi connectivity index (χ0) is 16.6. The van der Waals surface area contributed by atoms with Crippen LogP contribution in [-0.2, 0) is 4.74 Å². The van der Waals surface area contributed by atoms with E-state index < -0.39 is 6.09 Å². The minimum absolute atomic E-state index is 0.0452. The third-order valence-corrected chi connectivity index (χ3v) is 5.62. The first kappa shape index (κ1) is 17.7. The van der Waals surface area contributed by atoms with Crippen molar-refractivity contribution in [3.8, 4) is 11.5 Å². The largest absolute Gasteiger partial charge is 0.491 e. The number of nitrogens with zero attached hydrogens (tertiary/aromatic N) is 1. The van der Waals surface area contributed by atoms with E-state index in [0.29, 0.717) is 10.5 Å². The van der Waals surface area contributed by atoms with Gasteiger partial charge in [-0.1, -0.05) is 46.4 Å². The maximum atomic E-state index is 11.8. The molecule has 10 heteroatoms. The topological polar surface area (TPSA) is 48.0 Å². The predicted molar refractivity (Wildman–Crippen MR) is 88.3 cm³/mol. The van der Waals surface area contributed by atoms with Gasteiger partial charge < -0.3 is 14.2 Å². The van der Waals surface area contributed by atoms with Gasteiger partial charge in [0.05, 0.1) is 36.3 Å². The maximum Gasteiger partial charge on any atom is 0.425 e. The van der Waals surface area contributed by atoms with E-state index in [4.69, 9.17) is 55.9 Å². The van der Waals surface area contributed by atoms with E-state index in [2.05, 4.69) is 4.74 Å². The molecule has 0 saturated carbocycles. The summed E-state index contributed by atoms with van der Waals surface area (Å²) in [7, 11) is 4.06. The van der Waals surface area contributed by atoms with Crippen molar-refractivity contribution in [1.29, 1.82) is 0 Å². The Labute approximate surface area is 151 Å². The SMILES string of the molecule is COC(=O)N1Sc2c(Cl)c(OC)c(OC)c(Cl)c2C(Cl)=C1Cl.